The van der Waals surface area contributed by atoms with Gasteiger partial charge in [-0.25, -0.2) is 0 Å². The predicted octanol–water partition coefficient (Wildman–Crippen LogP) is 3.02. The second-order valence-corrected chi connectivity index (χ2v) is 4.78. The SMILES string of the molecule is C=CC1CC(=O)N(c2ccccc2-n2cccc2)C1. The summed E-state index contributed by atoms with van der Waals surface area (Å²) in [5, 5.41) is 0. The normalized spacial score (nSPS) is 18.8. The van der Waals surface area contributed by atoms with Gasteiger partial charge < -0.3 is 9.47 Å². The van der Waals surface area contributed by atoms with Crippen LogP contribution >= 0.6 is 0 Å². The van der Waals surface area contributed by atoms with Gasteiger partial charge in [0.15, 0.2) is 0 Å². The quantitative estimate of drug-likeness (QED) is 0.771. The van der Waals surface area contributed by atoms with E-state index in [-0.39, 0.29) is 11.8 Å². The lowest BCUT2D eigenvalue weighted by Gasteiger charge is -2.20. The molecule has 2 aromatic rings. The smallest absolute Gasteiger partial charge is 0.227 e. The summed E-state index contributed by atoms with van der Waals surface area (Å²) < 4.78 is 2.03. The Morgan fingerprint density at radius 2 is 1.79 bits per heavy atom. The fraction of sp³-hybridized carbons (Fsp3) is 0.188. The van der Waals surface area contributed by atoms with Crippen LogP contribution in [-0.2, 0) is 4.79 Å². The maximum absolute atomic E-state index is 12.1. The molecule has 3 heteroatoms. The van der Waals surface area contributed by atoms with Crippen LogP contribution in [0.2, 0.25) is 0 Å². The fourth-order valence-corrected chi connectivity index (χ4v) is 2.53. The Labute approximate surface area is 112 Å². The van der Waals surface area contributed by atoms with Gasteiger partial charge in [-0.3, -0.25) is 4.79 Å². The number of anilines is 1. The molecule has 0 radical (unpaired) electrons. The Kier molecular flexibility index (Phi) is 2.95. The Bertz CT molecular complexity index is 601. The van der Waals surface area contributed by atoms with Crippen molar-refractivity contribution in [3.05, 3.63) is 61.4 Å². The minimum absolute atomic E-state index is 0.171. The average Bonchev–Trinajstić information content (AvgIpc) is 3.08. The molecule has 1 unspecified atom stereocenters. The monoisotopic (exact) mass is 252 g/mol. The number of para-hydroxylation sites is 2. The largest absolute Gasteiger partial charge is 0.322 e. The first-order valence-corrected chi connectivity index (χ1v) is 6.45. The highest BCUT2D eigenvalue weighted by atomic mass is 16.2. The molecule has 3 rings (SSSR count). The first-order valence-electron chi connectivity index (χ1n) is 6.45. The van der Waals surface area contributed by atoms with E-state index in [4.69, 9.17) is 0 Å². The van der Waals surface area contributed by atoms with Crippen LogP contribution in [-0.4, -0.2) is 17.0 Å². The molecule has 0 saturated carbocycles. The van der Waals surface area contributed by atoms with Crippen LogP contribution in [0.1, 0.15) is 6.42 Å². The Morgan fingerprint density at radius 3 is 2.42 bits per heavy atom. The summed E-state index contributed by atoms with van der Waals surface area (Å²) in [5.74, 6) is 0.426. The van der Waals surface area contributed by atoms with E-state index in [0.29, 0.717) is 6.42 Å². The molecule has 2 heterocycles. The summed E-state index contributed by atoms with van der Waals surface area (Å²) in [6.07, 6.45) is 6.41. The second kappa shape index (κ2) is 4.76. The van der Waals surface area contributed by atoms with Crippen molar-refractivity contribution in [2.45, 2.75) is 6.42 Å². The van der Waals surface area contributed by atoms with Crippen molar-refractivity contribution in [1.29, 1.82) is 0 Å². The maximum atomic E-state index is 12.1. The van der Waals surface area contributed by atoms with Crippen molar-refractivity contribution in [2.24, 2.45) is 5.92 Å². The van der Waals surface area contributed by atoms with E-state index in [9.17, 15) is 4.79 Å². The minimum atomic E-state index is 0.171. The standard InChI is InChI=1S/C16H16N2O/c1-2-13-11-16(19)18(12-13)15-8-4-3-7-14(15)17-9-5-6-10-17/h2-10,13H,1,11-12H2. The van der Waals surface area contributed by atoms with E-state index in [1.807, 2.05) is 64.3 Å². The van der Waals surface area contributed by atoms with E-state index in [0.717, 1.165) is 17.9 Å². The van der Waals surface area contributed by atoms with Crippen LogP contribution in [0.5, 0.6) is 0 Å². The van der Waals surface area contributed by atoms with Crippen LogP contribution in [0.15, 0.2) is 61.4 Å². The molecule has 1 fully saturated rings. The summed E-state index contributed by atoms with van der Waals surface area (Å²) in [5.41, 5.74) is 2.00. The number of aromatic nitrogens is 1. The highest BCUT2D eigenvalue weighted by Crippen LogP contribution is 2.30. The number of carbonyl (C=O) groups excluding carboxylic acids is 1. The predicted molar refractivity (Wildman–Crippen MR) is 76.4 cm³/mol. The topological polar surface area (TPSA) is 25.2 Å². The molecule has 1 aromatic heterocycles. The second-order valence-electron chi connectivity index (χ2n) is 4.78. The van der Waals surface area contributed by atoms with Crippen molar-refractivity contribution in [1.82, 2.24) is 4.57 Å². The molecule has 1 atom stereocenters. The van der Waals surface area contributed by atoms with Gasteiger partial charge in [0.2, 0.25) is 5.91 Å². The van der Waals surface area contributed by atoms with Gasteiger partial charge in [-0.15, -0.1) is 6.58 Å². The number of rotatable bonds is 3. The molecule has 0 bridgehead atoms. The molecule has 1 aliphatic rings. The fourth-order valence-electron chi connectivity index (χ4n) is 2.53. The average molecular weight is 252 g/mol. The van der Waals surface area contributed by atoms with E-state index < -0.39 is 0 Å². The molecule has 96 valence electrons. The highest BCUT2D eigenvalue weighted by molar-refractivity contribution is 5.97. The molecule has 0 aliphatic carbocycles. The maximum Gasteiger partial charge on any atom is 0.227 e. The van der Waals surface area contributed by atoms with Crippen LogP contribution in [0.4, 0.5) is 5.69 Å². The van der Waals surface area contributed by atoms with E-state index in [1.165, 1.54) is 0 Å². The van der Waals surface area contributed by atoms with Crippen molar-refractivity contribution in [2.75, 3.05) is 11.4 Å². The van der Waals surface area contributed by atoms with Crippen LogP contribution < -0.4 is 4.90 Å². The molecular weight excluding hydrogens is 236 g/mol. The third-order valence-corrected chi connectivity index (χ3v) is 3.54. The molecule has 1 aliphatic heterocycles. The lowest BCUT2D eigenvalue weighted by molar-refractivity contribution is -0.117. The van der Waals surface area contributed by atoms with E-state index in [2.05, 4.69) is 6.58 Å². The van der Waals surface area contributed by atoms with Gasteiger partial charge >= 0.3 is 0 Å². The van der Waals surface area contributed by atoms with Gasteiger partial charge in [0.1, 0.15) is 0 Å². The number of hydrogen-bond donors (Lipinski definition) is 0. The van der Waals surface area contributed by atoms with Gasteiger partial charge in [0.05, 0.1) is 11.4 Å². The lowest BCUT2D eigenvalue weighted by Crippen LogP contribution is -2.25. The number of amides is 1. The lowest BCUT2D eigenvalue weighted by atomic mass is 10.1. The van der Waals surface area contributed by atoms with Crippen LogP contribution in [0.3, 0.4) is 0 Å². The zero-order chi connectivity index (χ0) is 13.2. The summed E-state index contributed by atoms with van der Waals surface area (Å²) in [7, 11) is 0. The summed E-state index contributed by atoms with van der Waals surface area (Å²) in [4.78, 5) is 14.0. The number of benzene rings is 1. The molecular formula is C16H16N2O. The van der Waals surface area contributed by atoms with Crippen molar-refractivity contribution >= 4 is 11.6 Å². The molecule has 3 nitrogen and oxygen atoms in total. The third-order valence-electron chi connectivity index (χ3n) is 3.54. The third kappa shape index (κ3) is 2.08. The Hall–Kier alpha value is -2.29. The first kappa shape index (κ1) is 11.8. The Morgan fingerprint density at radius 1 is 1.11 bits per heavy atom. The van der Waals surface area contributed by atoms with Crippen molar-refractivity contribution < 1.29 is 4.79 Å². The van der Waals surface area contributed by atoms with E-state index >= 15 is 0 Å². The highest BCUT2D eigenvalue weighted by Gasteiger charge is 2.30. The molecule has 19 heavy (non-hydrogen) atoms. The number of carbonyl (C=O) groups is 1. The number of hydrogen-bond acceptors (Lipinski definition) is 1. The van der Waals surface area contributed by atoms with Crippen molar-refractivity contribution in [3.8, 4) is 5.69 Å². The minimum Gasteiger partial charge on any atom is -0.322 e. The van der Waals surface area contributed by atoms with Crippen LogP contribution in [0, 0.1) is 5.92 Å². The van der Waals surface area contributed by atoms with E-state index in [1.54, 1.807) is 0 Å². The molecule has 1 saturated heterocycles. The van der Waals surface area contributed by atoms with Gasteiger partial charge in [0, 0.05) is 31.3 Å². The zero-order valence-corrected chi connectivity index (χ0v) is 10.7. The molecule has 0 N–H and O–H groups in total. The number of nitrogens with zero attached hydrogens (tertiary/aromatic N) is 2. The van der Waals surface area contributed by atoms with Crippen LogP contribution in [0.25, 0.3) is 5.69 Å². The van der Waals surface area contributed by atoms with Gasteiger partial charge in [-0.1, -0.05) is 18.2 Å². The molecule has 1 aromatic carbocycles. The van der Waals surface area contributed by atoms with Crippen molar-refractivity contribution in [3.63, 3.8) is 0 Å². The first-order chi connectivity index (χ1) is 9.29. The zero-order valence-electron chi connectivity index (χ0n) is 10.7. The molecule has 0 spiro atoms. The van der Waals surface area contributed by atoms with Gasteiger partial charge in [0.25, 0.3) is 0 Å². The Balaban J connectivity index is 2.02. The summed E-state index contributed by atoms with van der Waals surface area (Å²) in [6.45, 7) is 4.52. The summed E-state index contributed by atoms with van der Waals surface area (Å²) >= 11 is 0. The molecule has 1 amide bonds. The van der Waals surface area contributed by atoms with Gasteiger partial charge in [-0.2, -0.15) is 0 Å². The summed E-state index contributed by atoms with van der Waals surface area (Å²) in [6, 6.07) is 12.0. The van der Waals surface area contributed by atoms with Gasteiger partial charge in [-0.05, 0) is 24.3 Å².